The van der Waals surface area contributed by atoms with E-state index in [2.05, 4.69) is 24.2 Å². The van der Waals surface area contributed by atoms with E-state index < -0.39 is 0 Å². The van der Waals surface area contributed by atoms with E-state index in [9.17, 15) is 0 Å². The van der Waals surface area contributed by atoms with E-state index in [0.717, 1.165) is 30.9 Å². The molecule has 1 aliphatic heterocycles. The Morgan fingerprint density at radius 2 is 2.11 bits per heavy atom. The van der Waals surface area contributed by atoms with Crippen LogP contribution in [0.5, 0.6) is 11.5 Å². The molecule has 1 aromatic rings. The van der Waals surface area contributed by atoms with Gasteiger partial charge in [-0.1, -0.05) is 6.07 Å². The van der Waals surface area contributed by atoms with Crippen LogP contribution in [-0.2, 0) is 0 Å². The molecule has 0 bridgehead atoms. The van der Waals surface area contributed by atoms with E-state index >= 15 is 0 Å². The first-order valence-corrected chi connectivity index (χ1v) is 6.37. The Hall–Kier alpha value is -1.66. The SMILES string of the molecule is C#CCCCNC(C)c1ccc2c(c1)OCCO2. The largest absolute Gasteiger partial charge is 0.486 e. The second-order valence-corrected chi connectivity index (χ2v) is 4.39. The standard InChI is InChI=1S/C15H19NO2/c1-3-4-5-8-16-12(2)13-6-7-14-15(11-13)18-10-9-17-14/h1,6-7,11-12,16H,4-5,8-10H2,2H3. The number of nitrogens with one attached hydrogen (secondary N) is 1. The van der Waals surface area contributed by atoms with Crippen LogP contribution in [0.1, 0.15) is 31.4 Å². The first-order chi connectivity index (χ1) is 8.81. The van der Waals surface area contributed by atoms with Crippen molar-refractivity contribution in [3.63, 3.8) is 0 Å². The second kappa shape index (κ2) is 6.32. The van der Waals surface area contributed by atoms with Crippen LogP contribution in [-0.4, -0.2) is 19.8 Å². The Bertz CT molecular complexity index is 437. The average Bonchev–Trinajstić information content (AvgIpc) is 2.43. The van der Waals surface area contributed by atoms with Crippen molar-refractivity contribution in [3.05, 3.63) is 23.8 Å². The lowest BCUT2D eigenvalue weighted by atomic mass is 10.1. The summed E-state index contributed by atoms with van der Waals surface area (Å²) in [6.07, 6.45) is 7.05. The molecule has 1 atom stereocenters. The van der Waals surface area contributed by atoms with E-state index in [1.165, 1.54) is 5.56 Å². The van der Waals surface area contributed by atoms with E-state index in [4.69, 9.17) is 15.9 Å². The molecule has 0 amide bonds. The molecule has 18 heavy (non-hydrogen) atoms. The van der Waals surface area contributed by atoms with Crippen LogP contribution >= 0.6 is 0 Å². The number of hydrogen-bond donors (Lipinski definition) is 1. The molecule has 0 aliphatic carbocycles. The van der Waals surface area contributed by atoms with Crippen molar-refractivity contribution >= 4 is 0 Å². The van der Waals surface area contributed by atoms with Gasteiger partial charge in [0.05, 0.1) is 0 Å². The van der Waals surface area contributed by atoms with Gasteiger partial charge in [-0.25, -0.2) is 0 Å². The third-order valence-electron chi connectivity index (χ3n) is 3.01. The normalized spacial score (nSPS) is 14.9. The summed E-state index contributed by atoms with van der Waals surface area (Å²) >= 11 is 0. The number of benzene rings is 1. The first kappa shape index (κ1) is 12.8. The molecule has 0 saturated heterocycles. The molecule has 1 unspecified atom stereocenters. The quantitative estimate of drug-likeness (QED) is 0.638. The van der Waals surface area contributed by atoms with Crippen molar-refractivity contribution in [3.8, 4) is 23.8 Å². The van der Waals surface area contributed by atoms with Crippen LogP contribution in [0.25, 0.3) is 0 Å². The van der Waals surface area contributed by atoms with Gasteiger partial charge < -0.3 is 14.8 Å². The Kier molecular flexibility index (Phi) is 4.49. The lowest BCUT2D eigenvalue weighted by Gasteiger charge is -2.21. The zero-order valence-electron chi connectivity index (χ0n) is 10.7. The van der Waals surface area contributed by atoms with Gasteiger partial charge in [0.1, 0.15) is 13.2 Å². The summed E-state index contributed by atoms with van der Waals surface area (Å²) in [5.41, 5.74) is 1.21. The molecular weight excluding hydrogens is 226 g/mol. The fourth-order valence-electron chi connectivity index (χ4n) is 1.96. The summed E-state index contributed by atoms with van der Waals surface area (Å²) in [5.74, 6) is 4.33. The molecule has 1 heterocycles. The molecule has 3 heteroatoms. The Balaban J connectivity index is 1.94. The van der Waals surface area contributed by atoms with Crippen LogP contribution in [0.3, 0.4) is 0 Å². The summed E-state index contributed by atoms with van der Waals surface area (Å²) in [6, 6.07) is 6.39. The van der Waals surface area contributed by atoms with Crippen LogP contribution in [0, 0.1) is 12.3 Å². The predicted molar refractivity (Wildman–Crippen MR) is 71.9 cm³/mol. The molecule has 2 rings (SSSR count). The zero-order chi connectivity index (χ0) is 12.8. The lowest BCUT2D eigenvalue weighted by Crippen LogP contribution is -2.20. The minimum Gasteiger partial charge on any atom is -0.486 e. The molecule has 0 aromatic heterocycles. The highest BCUT2D eigenvalue weighted by molar-refractivity contribution is 5.44. The Morgan fingerprint density at radius 1 is 1.33 bits per heavy atom. The predicted octanol–water partition coefficient (Wildman–Crippen LogP) is 2.52. The van der Waals surface area contributed by atoms with Crippen LogP contribution in [0.15, 0.2) is 18.2 Å². The van der Waals surface area contributed by atoms with Crippen LogP contribution in [0.4, 0.5) is 0 Å². The van der Waals surface area contributed by atoms with E-state index in [-0.39, 0.29) is 0 Å². The third-order valence-corrected chi connectivity index (χ3v) is 3.01. The summed E-state index contributed by atoms with van der Waals surface area (Å²) < 4.78 is 11.1. The minimum absolute atomic E-state index is 0.290. The number of ether oxygens (including phenoxy) is 2. The van der Waals surface area contributed by atoms with Crippen LogP contribution in [0.2, 0.25) is 0 Å². The highest BCUT2D eigenvalue weighted by Crippen LogP contribution is 2.32. The van der Waals surface area contributed by atoms with Crippen molar-refractivity contribution in [1.82, 2.24) is 5.32 Å². The maximum Gasteiger partial charge on any atom is 0.161 e. The molecule has 1 N–H and O–H groups in total. The molecule has 3 nitrogen and oxygen atoms in total. The first-order valence-electron chi connectivity index (χ1n) is 6.37. The Labute approximate surface area is 108 Å². The molecule has 0 radical (unpaired) electrons. The number of hydrogen-bond acceptors (Lipinski definition) is 3. The van der Waals surface area contributed by atoms with E-state index in [1.807, 2.05) is 12.1 Å². The second-order valence-electron chi connectivity index (χ2n) is 4.39. The highest BCUT2D eigenvalue weighted by Gasteiger charge is 2.13. The molecular formula is C15H19NO2. The van der Waals surface area contributed by atoms with Gasteiger partial charge >= 0.3 is 0 Å². The van der Waals surface area contributed by atoms with Crippen molar-refractivity contribution in [2.24, 2.45) is 0 Å². The number of fused-ring (bicyclic) bond motifs is 1. The third kappa shape index (κ3) is 3.18. The Morgan fingerprint density at radius 3 is 2.89 bits per heavy atom. The fourth-order valence-corrected chi connectivity index (χ4v) is 1.96. The van der Waals surface area contributed by atoms with E-state index in [0.29, 0.717) is 19.3 Å². The van der Waals surface area contributed by atoms with Gasteiger partial charge in [-0.3, -0.25) is 0 Å². The molecule has 1 aliphatic rings. The van der Waals surface area contributed by atoms with Gasteiger partial charge in [-0.2, -0.15) is 0 Å². The molecule has 1 aromatic carbocycles. The van der Waals surface area contributed by atoms with Gasteiger partial charge in [-0.05, 0) is 37.6 Å². The number of unbranched alkanes of at least 4 members (excludes halogenated alkanes) is 1. The highest BCUT2D eigenvalue weighted by atomic mass is 16.6. The molecule has 0 spiro atoms. The average molecular weight is 245 g/mol. The van der Waals surface area contributed by atoms with Crippen molar-refractivity contribution < 1.29 is 9.47 Å². The summed E-state index contributed by atoms with van der Waals surface area (Å²) in [5, 5.41) is 3.45. The summed E-state index contributed by atoms with van der Waals surface area (Å²) in [6.45, 7) is 4.33. The summed E-state index contributed by atoms with van der Waals surface area (Å²) in [7, 11) is 0. The van der Waals surface area contributed by atoms with Gasteiger partial charge in [0.25, 0.3) is 0 Å². The molecule has 0 saturated carbocycles. The maximum absolute atomic E-state index is 5.58. The number of terminal acetylenes is 1. The number of rotatable bonds is 5. The van der Waals surface area contributed by atoms with Crippen LogP contribution < -0.4 is 14.8 Å². The van der Waals surface area contributed by atoms with Crippen molar-refractivity contribution in [2.45, 2.75) is 25.8 Å². The van der Waals surface area contributed by atoms with E-state index in [1.54, 1.807) is 0 Å². The van der Waals surface area contributed by atoms with Gasteiger partial charge in [0, 0.05) is 12.5 Å². The van der Waals surface area contributed by atoms with Gasteiger partial charge in [-0.15, -0.1) is 12.3 Å². The monoisotopic (exact) mass is 245 g/mol. The minimum atomic E-state index is 0.290. The van der Waals surface area contributed by atoms with Crippen molar-refractivity contribution in [2.75, 3.05) is 19.8 Å². The lowest BCUT2D eigenvalue weighted by molar-refractivity contribution is 0.171. The molecule has 96 valence electrons. The zero-order valence-corrected chi connectivity index (χ0v) is 10.7. The summed E-state index contributed by atoms with van der Waals surface area (Å²) in [4.78, 5) is 0. The fraction of sp³-hybridized carbons (Fsp3) is 0.467. The molecule has 0 fully saturated rings. The topological polar surface area (TPSA) is 30.5 Å². The van der Waals surface area contributed by atoms with Crippen molar-refractivity contribution in [1.29, 1.82) is 0 Å². The smallest absolute Gasteiger partial charge is 0.161 e. The van der Waals surface area contributed by atoms with Gasteiger partial charge in [0.15, 0.2) is 11.5 Å². The maximum atomic E-state index is 5.58. The van der Waals surface area contributed by atoms with Gasteiger partial charge in [0.2, 0.25) is 0 Å².